The van der Waals surface area contributed by atoms with Crippen molar-refractivity contribution in [3.8, 4) is 0 Å². The summed E-state index contributed by atoms with van der Waals surface area (Å²) in [4.78, 5) is 24.8. The van der Waals surface area contributed by atoms with Crippen molar-refractivity contribution in [1.82, 2.24) is 15.1 Å². The van der Waals surface area contributed by atoms with Crippen LogP contribution in [0.2, 0.25) is 0 Å². The maximum Gasteiger partial charge on any atom is 0.373 e. The highest BCUT2D eigenvalue weighted by molar-refractivity contribution is 5.99. The highest BCUT2D eigenvalue weighted by Gasteiger charge is 2.42. The number of amides is 1. The van der Waals surface area contributed by atoms with Crippen LogP contribution in [0.25, 0.3) is 11.0 Å². The molecule has 2 aromatic heterocycles. The first kappa shape index (κ1) is 19.9. The number of carbonyl (C=O) groups is 2. The summed E-state index contributed by atoms with van der Waals surface area (Å²) in [6, 6.07) is 8.68. The van der Waals surface area contributed by atoms with Gasteiger partial charge in [-0.3, -0.25) is 9.48 Å². The van der Waals surface area contributed by atoms with E-state index >= 15 is 0 Å². The molecule has 3 heterocycles. The van der Waals surface area contributed by atoms with Gasteiger partial charge in [-0.1, -0.05) is 0 Å². The molecule has 0 saturated carbocycles. The second-order valence-electron chi connectivity index (χ2n) is 6.54. The van der Waals surface area contributed by atoms with E-state index in [0.717, 1.165) is 13.1 Å². The maximum absolute atomic E-state index is 13.2. The largest absolute Gasteiger partial charge is 0.463 e. The number of hydrogen-bond acceptors (Lipinski definition) is 6. The van der Waals surface area contributed by atoms with Crippen molar-refractivity contribution < 1.29 is 18.7 Å². The number of benzene rings is 1. The van der Waals surface area contributed by atoms with Crippen molar-refractivity contribution in [3.05, 3.63) is 48.5 Å². The molecular weight excluding hydrogens is 384 g/mol. The number of nitrogens with zero attached hydrogens (tertiary/aromatic N) is 2. The molecule has 1 fully saturated rings. The average Bonchev–Trinajstić information content (AvgIpc) is 3.37. The third-order valence-corrected chi connectivity index (χ3v) is 4.96. The molecule has 0 atom stereocenters. The molecular formula is C19H21ClN4O4. The lowest BCUT2D eigenvalue weighted by Crippen LogP contribution is -2.52. The predicted molar refractivity (Wildman–Crippen MR) is 106 cm³/mol. The molecule has 1 amide bonds. The minimum atomic E-state index is -0.725. The fourth-order valence-corrected chi connectivity index (χ4v) is 3.49. The Morgan fingerprint density at radius 1 is 1.29 bits per heavy atom. The summed E-state index contributed by atoms with van der Waals surface area (Å²) < 4.78 is 11.9. The van der Waals surface area contributed by atoms with E-state index in [1.807, 2.05) is 12.3 Å². The number of carbonyl (C=O) groups excluding carboxylic acids is 2. The molecule has 2 N–H and O–H groups in total. The molecule has 1 saturated heterocycles. The smallest absolute Gasteiger partial charge is 0.373 e. The van der Waals surface area contributed by atoms with E-state index < -0.39 is 11.5 Å². The zero-order valence-electron chi connectivity index (χ0n) is 15.3. The number of halogens is 1. The number of methoxy groups -OCH3 is 1. The standard InChI is InChI=1S/C19H20N4O4.ClH/c1-26-17(24)16-12-13-11-14(3-4-15(13)27-16)22-18(25)19(5-8-20-9-6-19)23-10-2-7-21-23;/h2-4,7,10-12,20H,5-6,8-9H2,1H3,(H,22,25);1H. The Bertz CT molecular complexity index is 977. The van der Waals surface area contributed by atoms with E-state index in [9.17, 15) is 9.59 Å². The van der Waals surface area contributed by atoms with Gasteiger partial charge in [0.2, 0.25) is 5.76 Å². The summed E-state index contributed by atoms with van der Waals surface area (Å²) in [5.74, 6) is -0.518. The minimum Gasteiger partial charge on any atom is -0.463 e. The first-order valence-corrected chi connectivity index (χ1v) is 8.77. The quantitative estimate of drug-likeness (QED) is 0.648. The highest BCUT2D eigenvalue weighted by Crippen LogP contribution is 2.30. The van der Waals surface area contributed by atoms with Gasteiger partial charge in [-0.05, 0) is 56.3 Å². The van der Waals surface area contributed by atoms with Crippen molar-refractivity contribution in [1.29, 1.82) is 0 Å². The maximum atomic E-state index is 13.2. The van der Waals surface area contributed by atoms with Gasteiger partial charge in [-0.2, -0.15) is 5.10 Å². The summed E-state index contributed by atoms with van der Waals surface area (Å²) in [6.07, 6.45) is 4.82. The van der Waals surface area contributed by atoms with Gasteiger partial charge < -0.3 is 19.8 Å². The van der Waals surface area contributed by atoms with Crippen LogP contribution in [-0.4, -0.2) is 41.9 Å². The molecule has 8 nitrogen and oxygen atoms in total. The van der Waals surface area contributed by atoms with Crippen LogP contribution in [0, 0.1) is 0 Å². The van der Waals surface area contributed by atoms with Gasteiger partial charge in [0.25, 0.3) is 5.91 Å². The second kappa shape index (κ2) is 8.04. The topological polar surface area (TPSA) is 98.4 Å². The molecule has 3 aromatic rings. The molecule has 1 aliphatic rings. The summed E-state index contributed by atoms with van der Waals surface area (Å²) in [5.41, 5.74) is 0.462. The Labute approximate surface area is 167 Å². The fraction of sp³-hybridized carbons (Fsp3) is 0.316. The van der Waals surface area contributed by atoms with Crippen molar-refractivity contribution in [3.63, 3.8) is 0 Å². The number of esters is 1. The summed E-state index contributed by atoms with van der Waals surface area (Å²) in [6.45, 7) is 1.49. The van der Waals surface area contributed by atoms with Crippen molar-refractivity contribution >= 4 is 40.9 Å². The van der Waals surface area contributed by atoms with Crippen LogP contribution in [0.3, 0.4) is 0 Å². The van der Waals surface area contributed by atoms with Gasteiger partial charge in [0.05, 0.1) is 7.11 Å². The molecule has 1 aliphatic heterocycles. The number of hydrogen-bond donors (Lipinski definition) is 2. The molecule has 0 unspecified atom stereocenters. The summed E-state index contributed by atoms with van der Waals surface area (Å²) >= 11 is 0. The van der Waals surface area contributed by atoms with Crippen molar-refractivity contribution in [2.45, 2.75) is 18.4 Å². The fourth-order valence-electron chi connectivity index (χ4n) is 3.49. The highest BCUT2D eigenvalue weighted by atomic mass is 35.5. The van der Waals surface area contributed by atoms with E-state index in [-0.39, 0.29) is 24.1 Å². The second-order valence-corrected chi connectivity index (χ2v) is 6.54. The van der Waals surface area contributed by atoms with Gasteiger partial charge in [-0.15, -0.1) is 12.4 Å². The van der Waals surface area contributed by atoms with E-state index in [1.165, 1.54) is 7.11 Å². The Morgan fingerprint density at radius 3 is 2.75 bits per heavy atom. The van der Waals surface area contributed by atoms with Crippen molar-refractivity contribution in [2.24, 2.45) is 0 Å². The molecule has 28 heavy (non-hydrogen) atoms. The zero-order valence-corrected chi connectivity index (χ0v) is 16.1. The first-order valence-electron chi connectivity index (χ1n) is 8.77. The van der Waals surface area contributed by atoms with Gasteiger partial charge >= 0.3 is 5.97 Å². The number of anilines is 1. The van der Waals surface area contributed by atoms with Crippen LogP contribution in [0.5, 0.6) is 0 Å². The number of furan rings is 1. The lowest BCUT2D eigenvalue weighted by Gasteiger charge is -2.36. The molecule has 0 radical (unpaired) electrons. The molecule has 9 heteroatoms. The molecule has 1 aromatic carbocycles. The number of aromatic nitrogens is 2. The molecule has 0 spiro atoms. The van der Waals surface area contributed by atoms with Gasteiger partial charge in [0, 0.05) is 23.5 Å². The van der Waals surface area contributed by atoms with Crippen LogP contribution >= 0.6 is 12.4 Å². The van der Waals surface area contributed by atoms with E-state index in [2.05, 4.69) is 20.5 Å². The third-order valence-electron chi connectivity index (χ3n) is 4.96. The monoisotopic (exact) mass is 404 g/mol. The van der Waals surface area contributed by atoms with Gasteiger partial charge in [-0.25, -0.2) is 4.79 Å². The Morgan fingerprint density at radius 2 is 2.07 bits per heavy atom. The van der Waals surface area contributed by atoms with Crippen LogP contribution in [0.15, 0.2) is 47.1 Å². The van der Waals surface area contributed by atoms with E-state index in [0.29, 0.717) is 29.5 Å². The Kier molecular flexibility index (Phi) is 5.71. The number of piperidine rings is 1. The number of nitrogens with one attached hydrogen (secondary N) is 2. The third kappa shape index (κ3) is 3.48. The van der Waals surface area contributed by atoms with Crippen LogP contribution in [0.4, 0.5) is 5.69 Å². The predicted octanol–water partition coefficient (Wildman–Crippen LogP) is 2.56. The van der Waals surface area contributed by atoms with Crippen molar-refractivity contribution in [2.75, 3.05) is 25.5 Å². The summed E-state index contributed by atoms with van der Waals surface area (Å²) in [5, 5.41) is 11.3. The SMILES string of the molecule is COC(=O)c1cc2cc(NC(=O)C3(n4cccn4)CCNCC3)ccc2o1.Cl. The molecule has 148 valence electrons. The van der Waals surface area contributed by atoms with E-state index in [4.69, 9.17) is 4.42 Å². The van der Waals surface area contributed by atoms with Gasteiger partial charge in [0.1, 0.15) is 11.1 Å². The number of fused-ring (bicyclic) bond motifs is 1. The summed E-state index contributed by atoms with van der Waals surface area (Å²) in [7, 11) is 1.30. The lowest BCUT2D eigenvalue weighted by atomic mass is 9.87. The Balaban J connectivity index is 0.00000225. The normalized spacial score (nSPS) is 15.6. The first-order chi connectivity index (χ1) is 13.1. The average molecular weight is 405 g/mol. The zero-order chi connectivity index (χ0) is 18.9. The van der Waals surface area contributed by atoms with Crippen LogP contribution in [0.1, 0.15) is 23.4 Å². The van der Waals surface area contributed by atoms with Crippen LogP contribution in [-0.2, 0) is 15.1 Å². The number of rotatable bonds is 4. The molecule has 0 aliphatic carbocycles. The van der Waals surface area contributed by atoms with Crippen LogP contribution < -0.4 is 10.6 Å². The van der Waals surface area contributed by atoms with Gasteiger partial charge in [0.15, 0.2) is 0 Å². The van der Waals surface area contributed by atoms with E-state index in [1.54, 1.807) is 35.1 Å². The lowest BCUT2D eigenvalue weighted by molar-refractivity contribution is -0.126. The Hall–Kier alpha value is -2.84. The number of ether oxygens (including phenoxy) is 1. The minimum absolute atomic E-state index is 0. The molecule has 0 bridgehead atoms. The molecule has 4 rings (SSSR count).